The Kier molecular flexibility index (Phi) is 7.71. The molecule has 0 heterocycles. The molecule has 0 radical (unpaired) electrons. The highest BCUT2D eigenvalue weighted by molar-refractivity contribution is 5.48. The molecule has 0 aliphatic rings. The van der Waals surface area contributed by atoms with E-state index in [9.17, 15) is 0 Å². The van der Waals surface area contributed by atoms with Gasteiger partial charge in [0.05, 0.1) is 7.11 Å². The number of hydrogen-bond donors (Lipinski definition) is 1. The fourth-order valence-electron chi connectivity index (χ4n) is 2.08. The molecule has 0 atom stereocenters. The minimum Gasteiger partial charge on any atom is -0.497 e. The summed E-state index contributed by atoms with van der Waals surface area (Å²) in [6.07, 6.45) is 6.62. The van der Waals surface area contributed by atoms with Crippen molar-refractivity contribution in [1.29, 1.82) is 0 Å². The third kappa shape index (κ3) is 8.32. The minimum absolute atomic E-state index is 0.0425. The van der Waals surface area contributed by atoms with Crippen LogP contribution in [0, 0.1) is 5.41 Å². The van der Waals surface area contributed by atoms with Crippen molar-refractivity contribution < 1.29 is 4.74 Å². The van der Waals surface area contributed by atoms with Crippen molar-refractivity contribution >= 4 is 5.69 Å². The van der Waals surface area contributed by atoms with Crippen LogP contribution in [0.2, 0.25) is 0 Å². The van der Waals surface area contributed by atoms with Gasteiger partial charge in [-0.05, 0) is 57.4 Å². The number of rotatable bonds is 8. The maximum Gasteiger partial charge on any atom is 0.120 e. The quantitative estimate of drug-likeness (QED) is 0.471. The lowest BCUT2D eigenvalue weighted by molar-refractivity contribution is 0.415. The summed E-state index contributed by atoms with van der Waals surface area (Å²) in [7, 11) is 1.69. The van der Waals surface area contributed by atoms with E-state index < -0.39 is 0 Å². The Morgan fingerprint density at radius 1 is 1.26 bits per heavy atom. The molecule has 0 saturated heterocycles. The van der Waals surface area contributed by atoms with E-state index in [0.29, 0.717) is 0 Å². The van der Waals surface area contributed by atoms with E-state index >= 15 is 0 Å². The molecule has 0 amide bonds. The van der Waals surface area contributed by atoms with Gasteiger partial charge in [-0.1, -0.05) is 31.6 Å². The van der Waals surface area contributed by atoms with Gasteiger partial charge in [0.15, 0.2) is 0 Å². The third-order valence-corrected chi connectivity index (χ3v) is 3.60. The van der Waals surface area contributed by atoms with Gasteiger partial charge in [0, 0.05) is 23.7 Å². The molecular weight excluding hydrogens is 282 g/mol. The Morgan fingerprint density at radius 2 is 2.00 bits per heavy atom. The van der Waals surface area contributed by atoms with Gasteiger partial charge in [0.1, 0.15) is 5.75 Å². The van der Waals surface area contributed by atoms with Crippen LogP contribution < -0.4 is 10.1 Å². The molecule has 0 aliphatic heterocycles. The zero-order valence-electron chi connectivity index (χ0n) is 15.5. The molecular formula is C21H31NO. The number of allylic oxidation sites excluding steroid dienone is 2. The lowest BCUT2D eigenvalue weighted by atomic mass is 9.93. The van der Waals surface area contributed by atoms with Crippen molar-refractivity contribution in [3.05, 3.63) is 53.3 Å². The molecule has 1 N–H and O–H groups in total. The Bertz CT molecular complexity index is 586. The smallest absolute Gasteiger partial charge is 0.120 e. The van der Waals surface area contributed by atoms with E-state index in [0.717, 1.165) is 30.8 Å². The van der Waals surface area contributed by atoms with Crippen molar-refractivity contribution in [2.45, 2.75) is 47.5 Å². The van der Waals surface area contributed by atoms with Gasteiger partial charge in [0.2, 0.25) is 0 Å². The van der Waals surface area contributed by atoms with Gasteiger partial charge in [-0.3, -0.25) is 0 Å². The molecule has 0 bridgehead atoms. The van der Waals surface area contributed by atoms with Crippen LogP contribution in [0.5, 0.6) is 5.75 Å². The number of hydrogen-bond acceptors (Lipinski definition) is 2. The molecule has 0 aromatic heterocycles. The highest BCUT2D eigenvalue weighted by Crippen LogP contribution is 2.21. The SMILES string of the molecule is COc1cccc(NCC(C)(C)C=C=C(C)CCC=C(C)C)c1. The summed E-state index contributed by atoms with van der Waals surface area (Å²) in [5.41, 5.74) is 7.26. The normalized spacial score (nSPS) is 10.5. The van der Waals surface area contributed by atoms with Crippen LogP contribution in [-0.4, -0.2) is 13.7 Å². The van der Waals surface area contributed by atoms with Crippen LogP contribution in [0.1, 0.15) is 47.5 Å². The summed E-state index contributed by atoms with van der Waals surface area (Å²) >= 11 is 0. The van der Waals surface area contributed by atoms with Gasteiger partial charge in [-0.15, -0.1) is 5.73 Å². The van der Waals surface area contributed by atoms with Gasteiger partial charge >= 0.3 is 0 Å². The molecule has 0 unspecified atom stereocenters. The van der Waals surface area contributed by atoms with Gasteiger partial charge in [-0.25, -0.2) is 0 Å². The van der Waals surface area contributed by atoms with Crippen molar-refractivity contribution in [2.24, 2.45) is 5.41 Å². The number of benzene rings is 1. The van der Waals surface area contributed by atoms with Crippen molar-refractivity contribution in [2.75, 3.05) is 19.0 Å². The number of ether oxygens (including phenoxy) is 1. The summed E-state index contributed by atoms with van der Waals surface area (Å²) in [5.74, 6) is 0.873. The van der Waals surface area contributed by atoms with Gasteiger partial charge in [-0.2, -0.15) is 0 Å². The molecule has 0 fully saturated rings. The molecule has 1 rings (SSSR count). The molecule has 1 aromatic rings. The summed E-state index contributed by atoms with van der Waals surface area (Å²) in [6, 6.07) is 8.02. The molecule has 0 saturated carbocycles. The largest absolute Gasteiger partial charge is 0.497 e. The molecule has 0 spiro atoms. The highest BCUT2D eigenvalue weighted by Gasteiger charge is 2.13. The van der Waals surface area contributed by atoms with Gasteiger partial charge in [0.25, 0.3) is 0 Å². The molecule has 0 aliphatic carbocycles. The van der Waals surface area contributed by atoms with Crippen molar-refractivity contribution in [3.63, 3.8) is 0 Å². The third-order valence-electron chi connectivity index (χ3n) is 3.60. The monoisotopic (exact) mass is 313 g/mol. The minimum atomic E-state index is 0.0425. The van der Waals surface area contributed by atoms with Crippen LogP contribution in [-0.2, 0) is 0 Å². The number of anilines is 1. The second-order valence-electron chi connectivity index (χ2n) is 6.96. The van der Waals surface area contributed by atoms with Crippen LogP contribution in [0.3, 0.4) is 0 Å². The lowest BCUT2D eigenvalue weighted by Gasteiger charge is -2.21. The summed E-state index contributed by atoms with van der Waals surface area (Å²) in [4.78, 5) is 0. The Hall–Kier alpha value is -1.92. The maximum atomic E-state index is 5.25. The zero-order chi connectivity index (χ0) is 17.3. The summed E-state index contributed by atoms with van der Waals surface area (Å²) < 4.78 is 5.25. The maximum absolute atomic E-state index is 5.25. The van der Waals surface area contributed by atoms with E-state index in [1.807, 2.05) is 18.2 Å². The van der Waals surface area contributed by atoms with Crippen molar-refractivity contribution in [3.8, 4) is 5.75 Å². The second-order valence-corrected chi connectivity index (χ2v) is 6.96. The molecule has 2 heteroatoms. The average molecular weight is 313 g/mol. The summed E-state index contributed by atoms with van der Waals surface area (Å²) in [5, 5.41) is 3.47. The second kappa shape index (κ2) is 9.27. The van der Waals surface area contributed by atoms with E-state index in [-0.39, 0.29) is 5.41 Å². The first-order chi connectivity index (χ1) is 10.8. The predicted molar refractivity (Wildman–Crippen MR) is 101 cm³/mol. The average Bonchev–Trinajstić information content (AvgIpc) is 2.51. The molecule has 126 valence electrons. The predicted octanol–water partition coefficient (Wildman–Crippen LogP) is 5.98. The highest BCUT2D eigenvalue weighted by atomic mass is 16.5. The number of methoxy groups -OCH3 is 1. The fourth-order valence-corrected chi connectivity index (χ4v) is 2.08. The zero-order valence-corrected chi connectivity index (χ0v) is 15.5. The first-order valence-corrected chi connectivity index (χ1v) is 8.27. The Labute approximate surface area is 142 Å². The molecule has 2 nitrogen and oxygen atoms in total. The molecule has 1 aromatic carbocycles. The topological polar surface area (TPSA) is 21.3 Å². The Balaban J connectivity index is 2.60. The van der Waals surface area contributed by atoms with Gasteiger partial charge < -0.3 is 10.1 Å². The standard InChI is InChI=1S/C21H31NO/c1-17(2)9-7-10-18(3)13-14-21(4,5)16-22-19-11-8-12-20(15-19)23-6/h8-9,11-12,14-15,22H,7,10,16H2,1-6H3. The van der Waals surface area contributed by atoms with E-state index in [2.05, 4.69) is 63.9 Å². The van der Waals surface area contributed by atoms with E-state index in [1.54, 1.807) is 7.11 Å². The Morgan fingerprint density at radius 3 is 2.65 bits per heavy atom. The van der Waals surface area contributed by atoms with E-state index in [4.69, 9.17) is 4.74 Å². The lowest BCUT2D eigenvalue weighted by Crippen LogP contribution is -2.20. The van der Waals surface area contributed by atoms with Crippen molar-refractivity contribution in [1.82, 2.24) is 0 Å². The van der Waals surface area contributed by atoms with Crippen LogP contribution in [0.25, 0.3) is 0 Å². The van der Waals surface area contributed by atoms with E-state index in [1.165, 1.54) is 11.1 Å². The first-order valence-electron chi connectivity index (χ1n) is 8.27. The summed E-state index contributed by atoms with van der Waals surface area (Å²) in [6.45, 7) is 11.7. The molecule has 23 heavy (non-hydrogen) atoms. The number of nitrogens with one attached hydrogen (secondary N) is 1. The van der Waals surface area contributed by atoms with Crippen LogP contribution >= 0.6 is 0 Å². The van der Waals surface area contributed by atoms with Crippen LogP contribution in [0.15, 0.2) is 53.3 Å². The van der Waals surface area contributed by atoms with Crippen LogP contribution in [0.4, 0.5) is 5.69 Å². The first kappa shape index (κ1) is 19.1. The fraction of sp³-hybridized carbons (Fsp3) is 0.476.